The number of ether oxygens (including phenoxy) is 1. The van der Waals surface area contributed by atoms with Crippen LogP contribution in [-0.4, -0.2) is 24.1 Å². The van der Waals surface area contributed by atoms with Crippen molar-refractivity contribution in [2.24, 2.45) is 11.8 Å². The Morgan fingerprint density at radius 2 is 2.22 bits per heavy atom. The van der Waals surface area contributed by atoms with Crippen LogP contribution in [-0.2, 0) is 19.1 Å². The quantitative estimate of drug-likeness (QED) is 0.325. The predicted octanol–water partition coefficient (Wildman–Crippen LogP) is 2.07. The first-order chi connectivity index (χ1) is 8.56. The molecule has 1 saturated carbocycles. The maximum atomic E-state index is 11.9. The number of hydrogen-bond acceptors (Lipinski definition) is 4. The molecule has 0 bridgehead atoms. The van der Waals surface area contributed by atoms with Gasteiger partial charge < -0.3 is 4.74 Å². The molecule has 0 radical (unpaired) electrons. The van der Waals surface area contributed by atoms with E-state index < -0.39 is 11.9 Å². The molecule has 0 N–H and O–H groups in total. The molecule has 1 rings (SSSR count). The summed E-state index contributed by atoms with van der Waals surface area (Å²) in [5.41, 5.74) is 0. The Morgan fingerprint density at radius 3 is 2.83 bits per heavy atom. The first-order valence-corrected chi connectivity index (χ1v) is 6.36. The number of ketones is 2. The molecule has 0 aromatic heterocycles. The third kappa shape index (κ3) is 4.09. The topological polar surface area (TPSA) is 60.4 Å². The first-order valence-electron chi connectivity index (χ1n) is 6.36. The zero-order chi connectivity index (χ0) is 13.5. The van der Waals surface area contributed by atoms with Crippen molar-refractivity contribution in [3.63, 3.8) is 0 Å². The highest BCUT2D eigenvalue weighted by Crippen LogP contribution is 2.29. The Labute approximate surface area is 107 Å². The van der Waals surface area contributed by atoms with Crippen molar-refractivity contribution in [2.45, 2.75) is 39.0 Å². The second-order valence-corrected chi connectivity index (χ2v) is 4.76. The Morgan fingerprint density at radius 1 is 1.50 bits per heavy atom. The third-order valence-electron chi connectivity index (χ3n) is 3.28. The molecule has 2 unspecified atom stereocenters. The van der Waals surface area contributed by atoms with Gasteiger partial charge in [0.2, 0.25) is 0 Å². The van der Waals surface area contributed by atoms with Gasteiger partial charge in [0.05, 0.1) is 0 Å². The summed E-state index contributed by atoms with van der Waals surface area (Å²) in [4.78, 5) is 35.1. The number of hydrogen-bond donors (Lipinski definition) is 0. The van der Waals surface area contributed by atoms with Crippen LogP contribution in [0.25, 0.3) is 0 Å². The molecule has 18 heavy (non-hydrogen) atoms. The second-order valence-electron chi connectivity index (χ2n) is 4.76. The number of Topliss-reactive ketones (excluding diaryl/α,β-unsaturated/α-hetero) is 2. The molecule has 0 saturated heterocycles. The van der Waals surface area contributed by atoms with Crippen LogP contribution in [0, 0.1) is 11.8 Å². The molecular weight excluding hydrogens is 232 g/mol. The average Bonchev–Trinajstić information content (AvgIpc) is 2.51. The van der Waals surface area contributed by atoms with E-state index >= 15 is 0 Å². The van der Waals surface area contributed by atoms with Gasteiger partial charge in [-0.2, -0.15) is 0 Å². The van der Waals surface area contributed by atoms with E-state index in [1.807, 2.05) is 0 Å². The molecule has 1 aliphatic carbocycles. The van der Waals surface area contributed by atoms with Crippen LogP contribution in [0.5, 0.6) is 0 Å². The van der Waals surface area contributed by atoms with Gasteiger partial charge in [0.25, 0.3) is 0 Å². The van der Waals surface area contributed by atoms with Gasteiger partial charge >= 0.3 is 5.97 Å². The summed E-state index contributed by atoms with van der Waals surface area (Å²) in [5, 5.41) is 0. The molecule has 4 heteroatoms. The summed E-state index contributed by atoms with van der Waals surface area (Å²) in [7, 11) is 0. The number of carbonyl (C=O) groups excluding carboxylic acids is 3. The highest BCUT2D eigenvalue weighted by molar-refractivity contribution is 5.98. The maximum absolute atomic E-state index is 11.9. The molecule has 0 aromatic rings. The molecular formula is C14H20O4. The van der Waals surface area contributed by atoms with E-state index in [4.69, 9.17) is 4.74 Å². The van der Waals surface area contributed by atoms with Gasteiger partial charge in [0.15, 0.2) is 0 Å². The smallest absolute Gasteiger partial charge is 0.317 e. The van der Waals surface area contributed by atoms with E-state index in [0.29, 0.717) is 12.8 Å². The Kier molecular flexibility index (Phi) is 5.75. The average molecular weight is 252 g/mol. The van der Waals surface area contributed by atoms with E-state index in [9.17, 15) is 14.4 Å². The van der Waals surface area contributed by atoms with Gasteiger partial charge in [0, 0.05) is 12.8 Å². The zero-order valence-electron chi connectivity index (χ0n) is 10.8. The summed E-state index contributed by atoms with van der Waals surface area (Å²) in [6.07, 6.45) is 4.80. The lowest BCUT2D eigenvalue weighted by atomic mass is 9.83. The van der Waals surface area contributed by atoms with Gasteiger partial charge in [-0.3, -0.25) is 14.4 Å². The van der Waals surface area contributed by atoms with Crippen molar-refractivity contribution in [2.75, 3.05) is 6.61 Å². The van der Waals surface area contributed by atoms with Crippen molar-refractivity contribution >= 4 is 17.5 Å². The molecule has 4 nitrogen and oxygen atoms in total. The summed E-state index contributed by atoms with van der Waals surface area (Å²) >= 11 is 0. The highest BCUT2D eigenvalue weighted by atomic mass is 16.5. The van der Waals surface area contributed by atoms with Crippen LogP contribution < -0.4 is 0 Å². The fraction of sp³-hybridized carbons (Fsp3) is 0.643. The van der Waals surface area contributed by atoms with Gasteiger partial charge in [-0.25, -0.2) is 0 Å². The minimum absolute atomic E-state index is 0.100. The Hall–Kier alpha value is -1.45. The largest absolute Gasteiger partial charge is 0.461 e. The molecule has 0 aliphatic heterocycles. The highest BCUT2D eigenvalue weighted by Gasteiger charge is 2.35. The Bertz CT molecular complexity index is 346. The number of esters is 1. The molecule has 0 spiro atoms. The van der Waals surface area contributed by atoms with E-state index in [1.54, 1.807) is 0 Å². The lowest BCUT2D eigenvalue weighted by Gasteiger charge is -2.21. The van der Waals surface area contributed by atoms with E-state index in [1.165, 1.54) is 13.0 Å². The molecule has 100 valence electrons. The van der Waals surface area contributed by atoms with Crippen molar-refractivity contribution in [1.29, 1.82) is 0 Å². The second kappa shape index (κ2) is 7.09. The van der Waals surface area contributed by atoms with Crippen LogP contribution in [0.3, 0.4) is 0 Å². The van der Waals surface area contributed by atoms with Crippen molar-refractivity contribution < 1.29 is 19.1 Å². The normalized spacial score (nSPS) is 21.8. The minimum atomic E-state index is -0.799. The monoisotopic (exact) mass is 252 g/mol. The minimum Gasteiger partial charge on any atom is -0.461 e. The maximum Gasteiger partial charge on any atom is 0.317 e. The van der Waals surface area contributed by atoms with Gasteiger partial charge in [-0.05, 0) is 25.7 Å². The first kappa shape index (κ1) is 14.6. The van der Waals surface area contributed by atoms with Crippen molar-refractivity contribution in [1.82, 2.24) is 0 Å². The molecule has 0 aromatic carbocycles. The van der Waals surface area contributed by atoms with E-state index in [2.05, 4.69) is 6.58 Å². The van der Waals surface area contributed by atoms with E-state index in [-0.39, 0.29) is 24.1 Å². The number of rotatable bonds is 5. The summed E-state index contributed by atoms with van der Waals surface area (Å²) < 4.78 is 4.95. The number of carbonyl (C=O) groups is 3. The summed E-state index contributed by atoms with van der Waals surface area (Å²) in [6, 6.07) is 0. The molecule has 0 amide bonds. The van der Waals surface area contributed by atoms with Crippen LogP contribution in [0.2, 0.25) is 0 Å². The molecule has 2 atom stereocenters. The van der Waals surface area contributed by atoms with Gasteiger partial charge in [-0.15, -0.1) is 0 Å². The van der Waals surface area contributed by atoms with Gasteiger partial charge in [-0.1, -0.05) is 19.1 Å². The fourth-order valence-electron chi connectivity index (χ4n) is 2.43. The summed E-state index contributed by atoms with van der Waals surface area (Å²) in [5.74, 6) is -1.60. The predicted molar refractivity (Wildman–Crippen MR) is 66.9 cm³/mol. The Balaban J connectivity index is 2.76. The van der Waals surface area contributed by atoms with E-state index in [0.717, 1.165) is 19.3 Å². The summed E-state index contributed by atoms with van der Waals surface area (Å²) in [6.45, 7) is 4.94. The molecule has 1 fully saturated rings. The molecule has 0 heterocycles. The lowest BCUT2D eigenvalue weighted by Crippen LogP contribution is -2.32. The lowest BCUT2D eigenvalue weighted by molar-refractivity contribution is -0.153. The van der Waals surface area contributed by atoms with Crippen LogP contribution >= 0.6 is 0 Å². The van der Waals surface area contributed by atoms with Crippen molar-refractivity contribution in [3.8, 4) is 0 Å². The standard InChI is InChI=1S/C14H20O4/c1-3-8-18-14(17)13(10(2)15)11-6-4-5-7-12(16)9-11/h3,11,13H,1,4-9H2,2H3. The SMILES string of the molecule is C=CCOC(=O)C(C(C)=O)C1CCCCC(=O)C1. The van der Waals surface area contributed by atoms with Crippen LogP contribution in [0.4, 0.5) is 0 Å². The van der Waals surface area contributed by atoms with Crippen LogP contribution in [0.1, 0.15) is 39.0 Å². The van der Waals surface area contributed by atoms with Crippen molar-refractivity contribution in [3.05, 3.63) is 12.7 Å². The molecule has 1 aliphatic rings. The third-order valence-corrected chi connectivity index (χ3v) is 3.28. The fourth-order valence-corrected chi connectivity index (χ4v) is 2.43. The zero-order valence-corrected chi connectivity index (χ0v) is 10.8. The van der Waals surface area contributed by atoms with Crippen LogP contribution in [0.15, 0.2) is 12.7 Å². The van der Waals surface area contributed by atoms with Gasteiger partial charge in [0.1, 0.15) is 24.1 Å².